The van der Waals surface area contributed by atoms with E-state index in [9.17, 15) is 15.0 Å². The van der Waals surface area contributed by atoms with E-state index in [1.807, 2.05) is 0 Å². The maximum atomic E-state index is 12.9. The average Bonchev–Trinajstić information content (AvgIpc) is 2.61. The maximum absolute atomic E-state index is 12.9. The van der Waals surface area contributed by atoms with Crippen molar-refractivity contribution in [2.24, 2.45) is 5.41 Å². The topological polar surface area (TPSA) is 79.9 Å². The monoisotopic (exact) mass is 356 g/mol. The van der Waals surface area contributed by atoms with E-state index in [2.05, 4.69) is 20.8 Å². The molecule has 5 nitrogen and oxygen atoms in total. The normalized spacial score (nSPS) is 12.0. The lowest BCUT2D eigenvalue weighted by molar-refractivity contribution is 0.317. The lowest BCUT2D eigenvalue weighted by Crippen LogP contribution is -2.12. The minimum atomic E-state index is -0.367. The first-order valence-corrected chi connectivity index (χ1v) is 8.76. The van der Waals surface area contributed by atoms with Crippen molar-refractivity contribution in [2.45, 2.75) is 40.0 Å². The molecule has 0 saturated heterocycles. The summed E-state index contributed by atoms with van der Waals surface area (Å²) >= 11 is 0. The molecule has 0 fully saturated rings. The molecular weight excluding hydrogens is 332 g/mol. The number of aromatic hydroxyl groups is 2. The molecule has 2 N–H and O–H groups in total. The van der Waals surface area contributed by atoms with Crippen molar-refractivity contribution in [1.82, 2.24) is 0 Å². The molecule has 0 spiro atoms. The Hall–Kier alpha value is -2.69. The van der Waals surface area contributed by atoms with Crippen molar-refractivity contribution in [3.63, 3.8) is 0 Å². The summed E-state index contributed by atoms with van der Waals surface area (Å²) in [5.74, 6) is 0.371. The second-order valence-electron chi connectivity index (χ2n) is 7.41. The van der Waals surface area contributed by atoms with Crippen LogP contribution in [0.25, 0.3) is 21.9 Å². The lowest BCUT2D eigenvalue weighted by atomic mass is 9.83. The van der Waals surface area contributed by atoms with Gasteiger partial charge >= 0.3 is 0 Å². The van der Waals surface area contributed by atoms with Gasteiger partial charge in [0, 0.05) is 11.6 Å². The van der Waals surface area contributed by atoms with Gasteiger partial charge in [-0.1, -0.05) is 27.2 Å². The molecule has 26 heavy (non-hydrogen) atoms. The third kappa shape index (κ3) is 3.09. The van der Waals surface area contributed by atoms with Crippen LogP contribution >= 0.6 is 0 Å². The molecule has 5 heteroatoms. The van der Waals surface area contributed by atoms with Crippen molar-refractivity contribution >= 4 is 21.9 Å². The van der Waals surface area contributed by atoms with Crippen LogP contribution in [0.4, 0.5) is 0 Å². The van der Waals surface area contributed by atoms with Crippen molar-refractivity contribution in [3.05, 3.63) is 40.1 Å². The molecule has 0 aliphatic carbocycles. The van der Waals surface area contributed by atoms with Crippen LogP contribution in [0.2, 0.25) is 0 Å². The van der Waals surface area contributed by atoms with E-state index in [0.717, 1.165) is 12.8 Å². The Labute approximate surface area is 151 Å². The first-order chi connectivity index (χ1) is 12.3. The standard InChI is InChI=1S/C21H24O5/c1-5-21(2,3)9-8-13-16(25-4)11-17-18(19(13)23)20(24)14-10-12(22)6-7-15(14)26-17/h6-7,10-11,22-23H,5,8-9H2,1-4H3. The fourth-order valence-electron chi connectivity index (χ4n) is 3.06. The molecule has 2 aromatic carbocycles. The van der Waals surface area contributed by atoms with Crippen LogP contribution in [-0.2, 0) is 6.42 Å². The van der Waals surface area contributed by atoms with Gasteiger partial charge in [0.15, 0.2) is 0 Å². The Morgan fingerprint density at radius 3 is 2.54 bits per heavy atom. The second kappa shape index (κ2) is 6.56. The predicted octanol–water partition coefficient (Wildman–Crippen LogP) is 4.73. The number of hydrogen-bond acceptors (Lipinski definition) is 5. The summed E-state index contributed by atoms with van der Waals surface area (Å²) < 4.78 is 11.2. The van der Waals surface area contributed by atoms with Crippen LogP contribution in [0.5, 0.6) is 17.2 Å². The van der Waals surface area contributed by atoms with Crippen molar-refractivity contribution < 1.29 is 19.4 Å². The summed E-state index contributed by atoms with van der Waals surface area (Å²) in [6, 6.07) is 5.99. The molecule has 0 unspecified atom stereocenters. The quantitative estimate of drug-likeness (QED) is 0.646. The Morgan fingerprint density at radius 1 is 1.15 bits per heavy atom. The number of hydrogen-bond donors (Lipinski definition) is 2. The van der Waals surface area contributed by atoms with Crippen LogP contribution in [0.1, 0.15) is 39.2 Å². The van der Waals surface area contributed by atoms with E-state index in [-0.39, 0.29) is 38.7 Å². The molecule has 3 aromatic rings. The zero-order valence-corrected chi connectivity index (χ0v) is 15.5. The third-order valence-corrected chi connectivity index (χ3v) is 5.21. The van der Waals surface area contributed by atoms with E-state index in [1.165, 1.54) is 25.3 Å². The number of benzene rings is 2. The molecule has 3 rings (SSSR count). The van der Waals surface area contributed by atoms with Crippen molar-refractivity contribution in [3.8, 4) is 17.2 Å². The number of methoxy groups -OCH3 is 1. The smallest absolute Gasteiger partial charge is 0.204 e. The molecule has 0 saturated carbocycles. The molecule has 0 bridgehead atoms. The van der Waals surface area contributed by atoms with Gasteiger partial charge in [0.1, 0.15) is 33.8 Å². The van der Waals surface area contributed by atoms with Gasteiger partial charge in [-0.05, 0) is 36.5 Å². The molecule has 1 heterocycles. The van der Waals surface area contributed by atoms with Gasteiger partial charge in [0.05, 0.1) is 12.5 Å². The number of phenolic OH excluding ortho intramolecular Hbond substituents is 2. The molecular formula is C21H24O5. The Morgan fingerprint density at radius 2 is 1.88 bits per heavy atom. The molecule has 0 radical (unpaired) electrons. The summed E-state index contributed by atoms with van der Waals surface area (Å²) in [4.78, 5) is 12.9. The Balaban J connectivity index is 2.25. The minimum absolute atomic E-state index is 0.0259. The van der Waals surface area contributed by atoms with Crippen LogP contribution in [-0.4, -0.2) is 17.3 Å². The van der Waals surface area contributed by atoms with Crippen LogP contribution in [0.3, 0.4) is 0 Å². The van der Waals surface area contributed by atoms with E-state index in [0.29, 0.717) is 23.3 Å². The van der Waals surface area contributed by atoms with E-state index in [1.54, 1.807) is 6.07 Å². The SMILES string of the molecule is CCC(C)(C)CCc1c(OC)cc2oc3ccc(O)cc3c(=O)c2c1O. The second-order valence-corrected chi connectivity index (χ2v) is 7.41. The summed E-state index contributed by atoms with van der Waals surface area (Å²) in [5.41, 5.74) is 0.969. The predicted molar refractivity (Wildman–Crippen MR) is 102 cm³/mol. The van der Waals surface area contributed by atoms with Crippen molar-refractivity contribution in [2.75, 3.05) is 7.11 Å². The number of ether oxygens (including phenoxy) is 1. The van der Waals surface area contributed by atoms with Gasteiger partial charge in [0.2, 0.25) is 5.43 Å². The minimum Gasteiger partial charge on any atom is -0.508 e. The van der Waals surface area contributed by atoms with Crippen LogP contribution in [0, 0.1) is 5.41 Å². The largest absolute Gasteiger partial charge is 0.508 e. The first-order valence-electron chi connectivity index (χ1n) is 8.76. The number of rotatable bonds is 5. The Bertz CT molecular complexity index is 1030. The molecule has 1 aromatic heterocycles. The zero-order valence-electron chi connectivity index (χ0n) is 15.5. The van der Waals surface area contributed by atoms with E-state index in [4.69, 9.17) is 9.15 Å². The number of phenols is 2. The van der Waals surface area contributed by atoms with Gasteiger partial charge in [0.25, 0.3) is 0 Å². The summed E-state index contributed by atoms with van der Waals surface area (Å²) in [6.07, 6.45) is 2.44. The molecule has 138 valence electrons. The van der Waals surface area contributed by atoms with E-state index >= 15 is 0 Å². The summed E-state index contributed by atoms with van der Waals surface area (Å²) in [6.45, 7) is 6.47. The van der Waals surface area contributed by atoms with Gasteiger partial charge in [-0.25, -0.2) is 0 Å². The van der Waals surface area contributed by atoms with Gasteiger partial charge in [-0.2, -0.15) is 0 Å². The zero-order chi connectivity index (χ0) is 19.1. The molecule has 0 aliphatic rings. The molecule has 0 aliphatic heterocycles. The van der Waals surface area contributed by atoms with Crippen LogP contribution < -0.4 is 10.2 Å². The highest BCUT2D eigenvalue weighted by Crippen LogP contribution is 2.39. The third-order valence-electron chi connectivity index (χ3n) is 5.21. The van der Waals surface area contributed by atoms with E-state index < -0.39 is 0 Å². The Kier molecular flexibility index (Phi) is 4.57. The van der Waals surface area contributed by atoms with Crippen LogP contribution in [0.15, 0.2) is 33.5 Å². The van der Waals surface area contributed by atoms with Crippen molar-refractivity contribution in [1.29, 1.82) is 0 Å². The lowest BCUT2D eigenvalue weighted by Gasteiger charge is -2.23. The van der Waals surface area contributed by atoms with Gasteiger partial charge in [-0.15, -0.1) is 0 Å². The molecule has 0 atom stereocenters. The summed E-state index contributed by atoms with van der Waals surface area (Å²) in [7, 11) is 1.53. The highest BCUT2D eigenvalue weighted by molar-refractivity contribution is 5.95. The summed E-state index contributed by atoms with van der Waals surface area (Å²) in [5, 5.41) is 20.9. The molecule has 0 amide bonds. The highest BCUT2D eigenvalue weighted by Gasteiger charge is 2.22. The highest BCUT2D eigenvalue weighted by atomic mass is 16.5. The fraction of sp³-hybridized carbons (Fsp3) is 0.381. The first kappa shape index (κ1) is 18.1. The number of fused-ring (bicyclic) bond motifs is 2. The maximum Gasteiger partial charge on any atom is 0.204 e. The van der Waals surface area contributed by atoms with Gasteiger partial charge in [-0.3, -0.25) is 4.79 Å². The van der Waals surface area contributed by atoms with Gasteiger partial charge < -0.3 is 19.4 Å². The fourth-order valence-corrected chi connectivity index (χ4v) is 3.06. The average molecular weight is 356 g/mol.